The molecule has 1 aromatic carbocycles. The number of benzene rings is 1. The lowest BCUT2D eigenvalue weighted by atomic mass is 10.1. The van der Waals surface area contributed by atoms with Crippen LogP contribution in [-0.4, -0.2) is 28.0 Å². The number of nitrogens with zero attached hydrogens (tertiary/aromatic N) is 1. The summed E-state index contributed by atoms with van der Waals surface area (Å²) in [6, 6.07) is 5.86. The summed E-state index contributed by atoms with van der Waals surface area (Å²) in [5.41, 5.74) is 6.44. The van der Waals surface area contributed by atoms with Crippen LogP contribution >= 0.6 is 0 Å². The van der Waals surface area contributed by atoms with Crippen molar-refractivity contribution in [2.24, 2.45) is 0 Å². The van der Waals surface area contributed by atoms with Crippen LogP contribution in [0.5, 0.6) is 0 Å². The van der Waals surface area contributed by atoms with E-state index in [-0.39, 0.29) is 5.69 Å². The van der Waals surface area contributed by atoms with E-state index in [9.17, 15) is 9.59 Å². The van der Waals surface area contributed by atoms with Gasteiger partial charge in [-0.3, -0.25) is 14.6 Å². The summed E-state index contributed by atoms with van der Waals surface area (Å²) in [4.78, 5) is 26.7. The zero-order valence-corrected chi connectivity index (χ0v) is 10.3. The second-order valence-corrected chi connectivity index (χ2v) is 4.17. The molecule has 19 heavy (non-hydrogen) atoms. The van der Waals surface area contributed by atoms with E-state index in [1.807, 2.05) is 0 Å². The zero-order valence-electron chi connectivity index (χ0n) is 10.3. The highest BCUT2D eigenvalue weighted by molar-refractivity contribution is 6.06. The van der Waals surface area contributed by atoms with Gasteiger partial charge < -0.3 is 16.2 Å². The molecule has 6 nitrogen and oxygen atoms in total. The van der Waals surface area contributed by atoms with Gasteiger partial charge in [0.05, 0.1) is 0 Å². The molecule has 0 saturated heterocycles. The summed E-state index contributed by atoms with van der Waals surface area (Å²) < 4.78 is 0. The minimum Gasteiger partial charge on any atom is -0.480 e. The minimum absolute atomic E-state index is 0.186. The molecular weight excluding hydrogens is 246 g/mol. The van der Waals surface area contributed by atoms with E-state index in [0.717, 1.165) is 5.39 Å². The van der Waals surface area contributed by atoms with Gasteiger partial charge in [-0.2, -0.15) is 0 Å². The number of pyridine rings is 1. The van der Waals surface area contributed by atoms with Gasteiger partial charge in [-0.05, 0) is 36.6 Å². The van der Waals surface area contributed by atoms with Gasteiger partial charge in [0, 0.05) is 17.3 Å². The molecule has 1 amide bonds. The fourth-order valence-electron chi connectivity index (χ4n) is 1.70. The lowest BCUT2D eigenvalue weighted by Crippen LogP contribution is -2.38. The molecule has 0 saturated carbocycles. The van der Waals surface area contributed by atoms with Crippen LogP contribution < -0.4 is 11.1 Å². The molecule has 4 N–H and O–H groups in total. The SMILES string of the molecule is CC(NC(=O)c1nccc2cc(N)ccc12)C(=O)O. The van der Waals surface area contributed by atoms with Crippen LogP contribution in [0.2, 0.25) is 0 Å². The smallest absolute Gasteiger partial charge is 0.325 e. The van der Waals surface area contributed by atoms with Crippen LogP contribution in [-0.2, 0) is 4.79 Å². The minimum atomic E-state index is -1.10. The third-order valence-corrected chi connectivity index (χ3v) is 2.72. The highest BCUT2D eigenvalue weighted by atomic mass is 16.4. The molecule has 6 heteroatoms. The number of nitrogens with one attached hydrogen (secondary N) is 1. The Hall–Kier alpha value is -2.63. The Bertz CT molecular complexity index is 655. The molecular formula is C13H13N3O3. The second kappa shape index (κ2) is 4.93. The van der Waals surface area contributed by atoms with Gasteiger partial charge in [-0.1, -0.05) is 0 Å². The number of anilines is 1. The summed E-state index contributed by atoms with van der Waals surface area (Å²) >= 11 is 0. The van der Waals surface area contributed by atoms with Crippen LogP contribution in [0.1, 0.15) is 17.4 Å². The van der Waals surface area contributed by atoms with Crippen molar-refractivity contribution in [1.29, 1.82) is 0 Å². The number of aliphatic carboxylic acids is 1. The van der Waals surface area contributed by atoms with Crippen LogP contribution in [0.25, 0.3) is 10.8 Å². The Morgan fingerprint density at radius 1 is 1.37 bits per heavy atom. The lowest BCUT2D eigenvalue weighted by Gasteiger charge is -2.10. The van der Waals surface area contributed by atoms with Gasteiger partial charge in [0.2, 0.25) is 0 Å². The highest BCUT2D eigenvalue weighted by Crippen LogP contribution is 2.19. The van der Waals surface area contributed by atoms with Crippen molar-refractivity contribution in [3.05, 3.63) is 36.2 Å². The Labute approximate surface area is 109 Å². The summed E-state index contributed by atoms with van der Waals surface area (Å²) in [5.74, 6) is -1.62. The van der Waals surface area contributed by atoms with E-state index in [4.69, 9.17) is 10.8 Å². The Morgan fingerprint density at radius 2 is 2.11 bits per heavy atom. The Balaban J connectivity index is 2.40. The maximum absolute atomic E-state index is 12.0. The van der Waals surface area contributed by atoms with E-state index in [1.54, 1.807) is 24.3 Å². The van der Waals surface area contributed by atoms with Crippen molar-refractivity contribution in [3.8, 4) is 0 Å². The number of fused-ring (bicyclic) bond motifs is 1. The van der Waals surface area contributed by atoms with Crippen molar-refractivity contribution in [2.75, 3.05) is 5.73 Å². The standard InChI is InChI=1S/C13H13N3O3/c1-7(13(18)19)16-12(17)11-10-3-2-9(14)6-8(10)4-5-15-11/h2-7H,14H2,1H3,(H,16,17)(H,18,19). The molecule has 0 aliphatic rings. The number of carbonyl (C=O) groups is 2. The Morgan fingerprint density at radius 3 is 2.79 bits per heavy atom. The number of hydrogen-bond acceptors (Lipinski definition) is 4. The van der Waals surface area contributed by atoms with E-state index >= 15 is 0 Å². The number of carbonyl (C=O) groups excluding carboxylic acids is 1. The molecule has 0 radical (unpaired) electrons. The van der Waals surface area contributed by atoms with Crippen molar-refractivity contribution in [3.63, 3.8) is 0 Å². The predicted molar refractivity (Wildman–Crippen MR) is 70.7 cm³/mol. The summed E-state index contributed by atoms with van der Waals surface area (Å²) in [6.45, 7) is 1.39. The van der Waals surface area contributed by atoms with Crippen LogP contribution in [0.4, 0.5) is 5.69 Å². The highest BCUT2D eigenvalue weighted by Gasteiger charge is 2.17. The average Bonchev–Trinajstić information content (AvgIpc) is 2.37. The summed E-state index contributed by atoms with van der Waals surface area (Å²) in [7, 11) is 0. The first kappa shape index (κ1) is 12.8. The topological polar surface area (TPSA) is 105 Å². The number of nitrogens with two attached hydrogens (primary N) is 1. The van der Waals surface area contributed by atoms with Gasteiger partial charge in [-0.15, -0.1) is 0 Å². The molecule has 0 spiro atoms. The number of amides is 1. The molecule has 0 fully saturated rings. The van der Waals surface area contributed by atoms with Crippen molar-refractivity contribution < 1.29 is 14.7 Å². The first-order chi connectivity index (χ1) is 8.99. The fourth-order valence-corrected chi connectivity index (χ4v) is 1.70. The molecule has 1 aromatic heterocycles. The summed E-state index contributed by atoms with van der Waals surface area (Å²) in [5, 5.41) is 12.6. The number of nitrogen functional groups attached to an aromatic ring is 1. The van der Waals surface area contributed by atoms with Crippen molar-refractivity contribution >= 4 is 28.3 Å². The predicted octanol–water partition coefficient (Wildman–Crippen LogP) is 1.02. The van der Waals surface area contributed by atoms with Crippen molar-refractivity contribution in [1.82, 2.24) is 10.3 Å². The third kappa shape index (κ3) is 2.62. The largest absolute Gasteiger partial charge is 0.480 e. The number of carboxylic acid groups (broad SMARTS) is 1. The number of hydrogen-bond donors (Lipinski definition) is 3. The van der Waals surface area contributed by atoms with Crippen LogP contribution in [0.15, 0.2) is 30.5 Å². The van der Waals surface area contributed by atoms with Crippen LogP contribution in [0, 0.1) is 0 Å². The zero-order chi connectivity index (χ0) is 14.0. The molecule has 0 aliphatic carbocycles. The second-order valence-electron chi connectivity index (χ2n) is 4.17. The van der Waals surface area contributed by atoms with E-state index in [2.05, 4.69) is 10.3 Å². The van der Waals surface area contributed by atoms with Gasteiger partial charge in [0.1, 0.15) is 11.7 Å². The van der Waals surface area contributed by atoms with Crippen LogP contribution in [0.3, 0.4) is 0 Å². The normalized spacial score (nSPS) is 12.1. The first-order valence-electron chi connectivity index (χ1n) is 5.67. The monoisotopic (exact) mass is 259 g/mol. The maximum Gasteiger partial charge on any atom is 0.325 e. The fraction of sp³-hybridized carbons (Fsp3) is 0.154. The summed E-state index contributed by atoms with van der Waals surface area (Å²) in [6.07, 6.45) is 1.49. The molecule has 1 unspecified atom stereocenters. The van der Waals surface area contributed by atoms with Gasteiger partial charge >= 0.3 is 5.97 Å². The van der Waals surface area contributed by atoms with Gasteiger partial charge in [-0.25, -0.2) is 0 Å². The van der Waals surface area contributed by atoms with E-state index < -0.39 is 17.9 Å². The molecule has 98 valence electrons. The average molecular weight is 259 g/mol. The molecule has 1 atom stereocenters. The number of aromatic nitrogens is 1. The molecule has 1 heterocycles. The van der Waals surface area contributed by atoms with Gasteiger partial charge in [0.25, 0.3) is 5.91 Å². The van der Waals surface area contributed by atoms with E-state index in [0.29, 0.717) is 11.1 Å². The maximum atomic E-state index is 12.0. The number of rotatable bonds is 3. The molecule has 2 rings (SSSR count). The Kier molecular flexibility index (Phi) is 3.33. The first-order valence-corrected chi connectivity index (χ1v) is 5.67. The molecule has 0 aliphatic heterocycles. The van der Waals surface area contributed by atoms with Gasteiger partial charge in [0.15, 0.2) is 0 Å². The number of carboxylic acids is 1. The molecule has 0 bridgehead atoms. The third-order valence-electron chi connectivity index (χ3n) is 2.72. The lowest BCUT2D eigenvalue weighted by molar-refractivity contribution is -0.138. The van der Waals surface area contributed by atoms with Crippen molar-refractivity contribution in [2.45, 2.75) is 13.0 Å². The molecule has 2 aromatic rings. The van der Waals surface area contributed by atoms with E-state index in [1.165, 1.54) is 13.1 Å². The quantitative estimate of drug-likeness (QED) is 0.714.